The number of rotatable bonds is 17. The molecular weight excluding hydrogens is 308 g/mol. The first kappa shape index (κ1) is 22.7. The molecule has 0 aromatic rings. The van der Waals surface area contributed by atoms with E-state index in [0.29, 0.717) is 0 Å². The van der Waals surface area contributed by atoms with Crippen molar-refractivity contribution in [2.24, 2.45) is 5.92 Å². The SMILES string of the molecule is C=CCCCCC[C@@H](C)CCCCCCCCCOC1CCCCO1. The Morgan fingerprint density at radius 2 is 1.56 bits per heavy atom. The van der Waals surface area contributed by atoms with Gasteiger partial charge in [-0.15, -0.1) is 6.58 Å². The molecule has 1 fully saturated rings. The summed E-state index contributed by atoms with van der Waals surface area (Å²) in [5.74, 6) is 0.919. The molecule has 2 atom stereocenters. The third-order valence-electron chi connectivity index (χ3n) is 5.39. The number of allylic oxidation sites excluding steroid dienone is 1. The van der Waals surface area contributed by atoms with Gasteiger partial charge in [-0.2, -0.15) is 0 Å². The molecule has 1 rings (SSSR count). The van der Waals surface area contributed by atoms with Gasteiger partial charge in [0.25, 0.3) is 0 Å². The Labute approximate surface area is 157 Å². The second-order valence-corrected chi connectivity index (χ2v) is 7.96. The minimum atomic E-state index is 0.0951. The van der Waals surface area contributed by atoms with Crippen LogP contribution in [0, 0.1) is 5.92 Å². The summed E-state index contributed by atoms with van der Waals surface area (Å²) in [6.07, 6.45) is 23.4. The van der Waals surface area contributed by atoms with Crippen LogP contribution in [0.15, 0.2) is 12.7 Å². The van der Waals surface area contributed by atoms with Crippen LogP contribution in [-0.2, 0) is 9.47 Å². The number of hydrogen-bond donors (Lipinski definition) is 0. The molecule has 0 aliphatic carbocycles. The van der Waals surface area contributed by atoms with E-state index < -0.39 is 0 Å². The Morgan fingerprint density at radius 1 is 0.920 bits per heavy atom. The summed E-state index contributed by atoms with van der Waals surface area (Å²) >= 11 is 0. The van der Waals surface area contributed by atoms with E-state index in [1.165, 1.54) is 96.3 Å². The zero-order valence-electron chi connectivity index (χ0n) is 17.0. The Bertz CT molecular complexity index is 284. The van der Waals surface area contributed by atoms with Gasteiger partial charge in [-0.1, -0.05) is 77.2 Å². The summed E-state index contributed by atoms with van der Waals surface area (Å²) in [5, 5.41) is 0. The van der Waals surface area contributed by atoms with Crippen molar-refractivity contribution in [3.63, 3.8) is 0 Å². The summed E-state index contributed by atoms with van der Waals surface area (Å²) < 4.78 is 11.4. The molecule has 0 amide bonds. The molecule has 0 spiro atoms. The second-order valence-electron chi connectivity index (χ2n) is 7.96. The second kappa shape index (κ2) is 17.1. The molecule has 0 saturated carbocycles. The molecule has 1 aliphatic rings. The van der Waals surface area contributed by atoms with E-state index in [0.717, 1.165) is 25.6 Å². The fourth-order valence-corrected chi connectivity index (χ4v) is 3.64. The van der Waals surface area contributed by atoms with E-state index in [2.05, 4.69) is 13.5 Å². The van der Waals surface area contributed by atoms with Crippen molar-refractivity contribution in [3.05, 3.63) is 12.7 Å². The van der Waals surface area contributed by atoms with Crippen molar-refractivity contribution in [1.82, 2.24) is 0 Å². The maximum absolute atomic E-state index is 5.78. The van der Waals surface area contributed by atoms with E-state index >= 15 is 0 Å². The van der Waals surface area contributed by atoms with Crippen molar-refractivity contribution in [2.45, 2.75) is 116 Å². The third kappa shape index (κ3) is 14.5. The summed E-state index contributed by atoms with van der Waals surface area (Å²) in [5.41, 5.74) is 0. The van der Waals surface area contributed by atoms with Crippen LogP contribution in [0.5, 0.6) is 0 Å². The topological polar surface area (TPSA) is 18.5 Å². The van der Waals surface area contributed by atoms with Crippen LogP contribution in [0.1, 0.15) is 110 Å². The molecule has 0 bridgehead atoms. The maximum atomic E-state index is 5.78. The Morgan fingerprint density at radius 3 is 2.20 bits per heavy atom. The third-order valence-corrected chi connectivity index (χ3v) is 5.39. The minimum absolute atomic E-state index is 0.0951. The Balaban J connectivity index is 1.74. The van der Waals surface area contributed by atoms with Crippen LogP contribution in [-0.4, -0.2) is 19.5 Å². The van der Waals surface area contributed by atoms with Gasteiger partial charge in [-0.3, -0.25) is 0 Å². The van der Waals surface area contributed by atoms with E-state index in [1.807, 2.05) is 6.08 Å². The molecule has 148 valence electrons. The lowest BCUT2D eigenvalue weighted by Gasteiger charge is -2.22. The lowest BCUT2D eigenvalue weighted by atomic mass is 9.96. The summed E-state index contributed by atoms with van der Waals surface area (Å²) in [6, 6.07) is 0. The summed E-state index contributed by atoms with van der Waals surface area (Å²) in [7, 11) is 0. The predicted molar refractivity (Wildman–Crippen MR) is 109 cm³/mol. The van der Waals surface area contributed by atoms with Gasteiger partial charge >= 0.3 is 0 Å². The number of ether oxygens (including phenoxy) is 2. The average Bonchev–Trinajstić information content (AvgIpc) is 2.64. The van der Waals surface area contributed by atoms with Crippen LogP contribution in [0.3, 0.4) is 0 Å². The monoisotopic (exact) mass is 352 g/mol. The zero-order chi connectivity index (χ0) is 18.0. The first-order valence-electron chi connectivity index (χ1n) is 11.2. The summed E-state index contributed by atoms with van der Waals surface area (Å²) in [6.45, 7) is 7.99. The van der Waals surface area contributed by atoms with Crippen molar-refractivity contribution in [1.29, 1.82) is 0 Å². The smallest absolute Gasteiger partial charge is 0.157 e. The highest BCUT2D eigenvalue weighted by Crippen LogP contribution is 2.18. The van der Waals surface area contributed by atoms with Crippen LogP contribution in [0.2, 0.25) is 0 Å². The molecule has 2 nitrogen and oxygen atoms in total. The molecule has 1 aliphatic heterocycles. The van der Waals surface area contributed by atoms with E-state index in [9.17, 15) is 0 Å². The molecule has 0 N–H and O–H groups in total. The average molecular weight is 353 g/mol. The van der Waals surface area contributed by atoms with Gasteiger partial charge in [-0.05, 0) is 44.4 Å². The molecule has 1 unspecified atom stereocenters. The molecule has 0 radical (unpaired) electrons. The maximum Gasteiger partial charge on any atom is 0.157 e. The highest BCUT2D eigenvalue weighted by Gasteiger charge is 2.13. The van der Waals surface area contributed by atoms with E-state index in [-0.39, 0.29) is 6.29 Å². The largest absolute Gasteiger partial charge is 0.353 e. The molecule has 1 saturated heterocycles. The van der Waals surface area contributed by atoms with Crippen molar-refractivity contribution in [2.75, 3.05) is 13.2 Å². The quantitative estimate of drug-likeness (QED) is 0.200. The first-order chi connectivity index (χ1) is 12.3. The van der Waals surface area contributed by atoms with Gasteiger partial charge in [0, 0.05) is 13.2 Å². The van der Waals surface area contributed by atoms with E-state index in [4.69, 9.17) is 9.47 Å². The van der Waals surface area contributed by atoms with Crippen molar-refractivity contribution in [3.8, 4) is 0 Å². The first-order valence-corrected chi connectivity index (χ1v) is 11.2. The van der Waals surface area contributed by atoms with Gasteiger partial charge < -0.3 is 9.47 Å². The highest BCUT2D eigenvalue weighted by molar-refractivity contribution is 4.65. The van der Waals surface area contributed by atoms with Gasteiger partial charge in [0.1, 0.15) is 0 Å². The molecule has 2 heteroatoms. The predicted octanol–water partition coefficient (Wildman–Crippen LogP) is 7.42. The Hall–Kier alpha value is -0.340. The normalized spacial score (nSPS) is 19.0. The number of unbranched alkanes of at least 4 members (excludes halogenated alkanes) is 9. The fourth-order valence-electron chi connectivity index (χ4n) is 3.64. The van der Waals surface area contributed by atoms with Crippen molar-refractivity contribution >= 4 is 0 Å². The van der Waals surface area contributed by atoms with Crippen molar-refractivity contribution < 1.29 is 9.47 Å². The van der Waals surface area contributed by atoms with Gasteiger partial charge in [-0.25, -0.2) is 0 Å². The lowest BCUT2D eigenvalue weighted by molar-refractivity contribution is -0.162. The Kier molecular flexibility index (Phi) is 15.5. The molecule has 0 aromatic heterocycles. The fraction of sp³-hybridized carbons (Fsp3) is 0.913. The minimum Gasteiger partial charge on any atom is -0.353 e. The molecule has 25 heavy (non-hydrogen) atoms. The number of hydrogen-bond acceptors (Lipinski definition) is 2. The van der Waals surface area contributed by atoms with Gasteiger partial charge in [0.15, 0.2) is 6.29 Å². The van der Waals surface area contributed by atoms with Crippen LogP contribution >= 0.6 is 0 Å². The van der Waals surface area contributed by atoms with Gasteiger partial charge in [0.05, 0.1) is 0 Å². The molecule has 0 aromatic carbocycles. The highest BCUT2D eigenvalue weighted by atomic mass is 16.7. The van der Waals surface area contributed by atoms with E-state index in [1.54, 1.807) is 0 Å². The van der Waals surface area contributed by atoms with Crippen LogP contribution in [0.4, 0.5) is 0 Å². The summed E-state index contributed by atoms with van der Waals surface area (Å²) in [4.78, 5) is 0. The van der Waals surface area contributed by atoms with Crippen LogP contribution < -0.4 is 0 Å². The molecular formula is C23H44O2. The lowest BCUT2D eigenvalue weighted by Crippen LogP contribution is -2.22. The van der Waals surface area contributed by atoms with Crippen LogP contribution in [0.25, 0.3) is 0 Å². The van der Waals surface area contributed by atoms with Gasteiger partial charge in [0.2, 0.25) is 0 Å². The standard InChI is InChI=1S/C23H44O2/c1-3-4-5-9-12-17-22(2)18-13-10-7-6-8-11-15-20-24-23-19-14-16-21-25-23/h3,22-23H,1,4-21H2,2H3/t22-,23?/m1/s1. The zero-order valence-corrected chi connectivity index (χ0v) is 17.0. The molecule has 1 heterocycles.